The van der Waals surface area contributed by atoms with Crippen molar-refractivity contribution in [1.29, 1.82) is 5.26 Å². The first-order valence-electron chi connectivity index (χ1n) is 5.51. The molecule has 6 heteroatoms. The summed E-state index contributed by atoms with van der Waals surface area (Å²) in [5.74, 6) is -2.76. The predicted octanol–water partition coefficient (Wildman–Crippen LogP) is 3.28. The fourth-order valence-electron chi connectivity index (χ4n) is 1.58. The van der Waals surface area contributed by atoms with Crippen LogP contribution in [0, 0.1) is 23.0 Å². The molecule has 4 nitrogen and oxygen atoms in total. The lowest BCUT2D eigenvalue weighted by atomic mass is 10.1. The Kier molecular flexibility index (Phi) is 3.62. The van der Waals surface area contributed by atoms with E-state index in [1.807, 2.05) is 0 Å². The van der Waals surface area contributed by atoms with Gasteiger partial charge in [-0.25, -0.2) is 13.6 Å². The molecule has 0 spiro atoms. The molecule has 0 saturated heterocycles. The Morgan fingerprint density at radius 3 is 2.20 bits per heavy atom. The van der Waals surface area contributed by atoms with Crippen molar-refractivity contribution >= 4 is 17.3 Å². The molecule has 2 aromatic rings. The molecule has 20 heavy (non-hydrogen) atoms. The number of nitrogens with one attached hydrogen (secondary N) is 1. The Balaban J connectivity index is 2.31. The van der Waals surface area contributed by atoms with Crippen LogP contribution in [0.15, 0.2) is 36.4 Å². The standard InChI is InChI=1S/C14H8F2N2O2/c15-10-5-8(7-17)1-3-12(10)18-13-4-2-9(14(19)20)6-11(13)16/h1-6,18H,(H,19,20). The van der Waals surface area contributed by atoms with Crippen molar-refractivity contribution < 1.29 is 18.7 Å². The summed E-state index contributed by atoms with van der Waals surface area (Å²) in [6.07, 6.45) is 0. The van der Waals surface area contributed by atoms with Gasteiger partial charge in [0.05, 0.1) is 28.6 Å². The van der Waals surface area contributed by atoms with Gasteiger partial charge in [0.25, 0.3) is 0 Å². The van der Waals surface area contributed by atoms with Crippen molar-refractivity contribution in [3.8, 4) is 6.07 Å². The maximum absolute atomic E-state index is 13.7. The number of halogens is 2. The molecule has 2 rings (SSSR count). The van der Waals surface area contributed by atoms with E-state index in [-0.39, 0.29) is 22.5 Å². The third-order valence-corrected chi connectivity index (χ3v) is 2.58. The molecule has 2 N–H and O–H groups in total. The van der Waals surface area contributed by atoms with E-state index in [0.29, 0.717) is 0 Å². The third kappa shape index (κ3) is 2.72. The van der Waals surface area contributed by atoms with Crippen LogP contribution in [0.3, 0.4) is 0 Å². The number of nitrogens with zero attached hydrogens (tertiary/aromatic N) is 1. The Hall–Kier alpha value is -2.94. The lowest BCUT2D eigenvalue weighted by Crippen LogP contribution is -2.01. The second-order valence-corrected chi connectivity index (χ2v) is 3.93. The van der Waals surface area contributed by atoms with Crippen molar-refractivity contribution in [2.24, 2.45) is 0 Å². The van der Waals surface area contributed by atoms with E-state index in [1.165, 1.54) is 24.3 Å². The summed E-state index contributed by atoms with van der Waals surface area (Å²) < 4.78 is 27.3. The number of carboxylic acids is 1. The summed E-state index contributed by atoms with van der Waals surface area (Å²) in [6.45, 7) is 0. The molecule has 0 fully saturated rings. The normalized spacial score (nSPS) is 9.85. The van der Waals surface area contributed by atoms with Gasteiger partial charge in [-0.3, -0.25) is 0 Å². The van der Waals surface area contributed by atoms with Crippen LogP contribution in [-0.4, -0.2) is 11.1 Å². The van der Waals surface area contributed by atoms with Crippen molar-refractivity contribution in [2.75, 3.05) is 5.32 Å². The number of carbonyl (C=O) groups is 1. The summed E-state index contributed by atoms with van der Waals surface area (Å²) in [5, 5.41) is 19.8. The highest BCUT2D eigenvalue weighted by molar-refractivity contribution is 5.88. The molecule has 0 bridgehead atoms. The second kappa shape index (κ2) is 5.36. The number of benzene rings is 2. The monoisotopic (exact) mass is 274 g/mol. The minimum atomic E-state index is -1.25. The van der Waals surface area contributed by atoms with E-state index in [1.54, 1.807) is 6.07 Å². The van der Waals surface area contributed by atoms with Crippen LogP contribution >= 0.6 is 0 Å². The van der Waals surface area contributed by atoms with Gasteiger partial charge in [0.1, 0.15) is 11.6 Å². The molecule has 0 unspecified atom stereocenters. The SMILES string of the molecule is N#Cc1ccc(Nc2ccc(C(=O)O)cc2F)c(F)c1. The molecule has 0 aliphatic heterocycles. The van der Waals surface area contributed by atoms with Crippen LogP contribution in [0.1, 0.15) is 15.9 Å². The summed E-state index contributed by atoms with van der Waals surface area (Å²) in [4.78, 5) is 10.7. The zero-order valence-corrected chi connectivity index (χ0v) is 10.0. The third-order valence-electron chi connectivity index (χ3n) is 2.58. The van der Waals surface area contributed by atoms with E-state index in [9.17, 15) is 13.6 Å². The number of rotatable bonds is 3. The maximum Gasteiger partial charge on any atom is 0.335 e. The average molecular weight is 274 g/mol. The first-order valence-corrected chi connectivity index (χ1v) is 5.51. The molecule has 2 aromatic carbocycles. The lowest BCUT2D eigenvalue weighted by molar-refractivity contribution is 0.0696. The van der Waals surface area contributed by atoms with E-state index in [2.05, 4.69) is 5.32 Å². The van der Waals surface area contributed by atoms with Crippen molar-refractivity contribution in [1.82, 2.24) is 0 Å². The summed E-state index contributed by atoms with van der Waals surface area (Å²) >= 11 is 0. The smallest absolute Gasteiger partial charge is 0.335 e. The quantitative estimate of drug-likeness (QED) is 0.900. The van der Waals surface area contributed by atoms with E-state index in [0.717, 1.165) is 12.1 Å². The van der Waals surface area contributed by atoms with Crippen molar-refractivity contribution in [3.63, 3.8) is 0 Å². The minimum Gasteiger partial charge on any atom is -0.478 e. The number of hydrogen-bond acceptors (Lipinski definition) is 3. The average Bonchev–Trinajstić information content (AvgIpc) is 2.42. The van der Waals surface area contributed by atoms with Crippen LogP contribution in [0.5, 0.6) is 0 Å². The molecule has 100 valence electrons. The Bertz CT molecular complexity index is 724. The van der Waals surface area contributed by atoms with E-state index >= 15 is 0 Å². The second-order valence-electron chi connectivity index (χ2n) is 3.93. The number of carboxylic acid groups (broad SMARTS) is 1. The van der Waals surface area contributed by atoms with Crippen LogP contribution in [-0.2, 0) is 0 Å². The van der Waals surface area contributed by atoms with Gasteiger partial charge in [-0.1, -0.05) is 0 Å². The van der Waals surface area contributed by atoms with Gasteiger partial charge in [0, 0.05) is 0 Å². The molecule has 0 radical (unpaired) electrons. The summed E-state index contributed by atoms with van der Waals surface area (Å²) in [7, 11) is 0. The van der Waals surface area contributed by atoms with Crippen LogP contribution in [0.4, 0.5) is 20.2 Å². The van der Waals surface area contributed by atoms with E-state index in [4.69, 9.17) is 10.4 Å². The first kappa shape index (κ1) is 13.5. The first-order chi connectivity index (χ1) is 9.51. The fraction of sp³-hybridized carbons (Fsp3) is 0. The lowest BCUT2D eigenvalue weighted by Gasteiger charge is -2.09. The Morgan fingerprint density at radius 2 is 1.70 bits per heavy atom. The van der Waals surface area contributed by atoms with Crippen molar-refractivity contribution in [2.45, 2.75) is 0 Å². The van der Waals surface area contributed by atoms with Gasteiger partial charge >= 0.3 is 5.97 Å². The minimum absolute atomic E-state index is 0.00836. The Morgan fingerprint density at radius 1 is 1.10 bits per heavy atom. The molecule has 0 atom stereocenters. The number of hydrogen-bond donors (Lipinski definition) is 2. The van der Waals surface area contributed by atoms with Crippen molar-refractivity contribution in [3.05, 3.63) is 59.2 Å². The molecule has 0 saturated carbocycles. The largest absolute Gasteiger partial charge is 0.478 e. The molecular formula is C14H8F2N2O2. The fourth-order valence-corrected chi connectivity index (χ4v) is 1.58. The zero-order chi connectivity index (χ0) is 14.7. The molecule has 0 heterocycles. The van der Waals surface area contributed by atoms with Crippen LogP contribution in [0.25, 0.3) is 0 Å². The highest BCUT2D eigenvalue weighted by Crippen LogP contribution is 2.23. The summed E-state index contributed by atoms with van der Waals surface area (Å²) in [5.41, 5.74) is -0.118. The topological polar surface area (TPSA) is 73.1 Å². The number of nitriles is 1. The highest BCUT2D eigenvalue weighted by atomic mass is 19.1. The summed E-state index contributed by atoms with van der Waals surface area (Å²) in [6, 6.07) is 8.74. The van der Waals surface area contributed by atoms with Crippen LogP contribution < -0.4 is 5.32 Å². The number of aromatic carboxylic acids is 1. The van der Waals surface area contributed by atoms with Gasteiger partial charge in [0.2, 0.25) is 0 Å². The van der Waals surface area contributed by atoms with Gasteiger partial charge in [-0.05, 0) is 36.4 Å². The number of anilines is 2. The van der Waals surface area contributed by atoms with Gasteiger partial charge in [0.15, 0.2) is 0 Å². The highest BCUT2D eigenvalue weighted by Gasteiger charge is 2.10. The molecular weight excluding hydrogens is 266 g/mol. The predicted molar refractivity (Wildman–Crippen MR) is 67.8 cm³/mol. The Labute approximate surface area is 112 Å². The van der Waals surface area contributed by atoms with Crippen LogP contribution in [0.2, 0.25) is 0 Å². The molecule has 0 amide bonds. The maximum atomic E-state index is 13.7. The zero-order valence-electron chi connectivity index (χ0n) is 10.0. The van der Waals surface area contributed by atoms with Gasteiger partial charge in [-0.2, -0.15) is 5.26 Å². The van der Waals surface area contributed by atoms with Gasteiger partial charge < -0.3 is 10.4 Å². The molecule has 0 aromatic heterocycles. The van der Waals surface area contributed by atoms with Gasteiger partial charge in [-0.15, -0.1) is 0 Å². The molecule has 0 aliphatic carbocycles. The van der Waals surface area contributed by atoms with E-state index < -0.39 is 17.6 Å². The molecule has 0 aliphatic rings.